The summed E-state index contributed by atoms with van der Waals surface area (Å²) in [5.74, 6) is -1.07. The Hall–Kier alpha value is -1.43. The van der Waals surface area contributed by atoms with Crippen LogP contribution in [0.5, 0.6) is 0 Å². The maximum absolute atomic E-state index is 10.8. The maximum atomic E-state index is 10.8. The Kier molecular flexibility index (Phi) is 3.79. The lowest BCUT2D eigenvalue weighted by molar-refractivity contribution is 0.0689. The van der Waals surface area contributed by atoms with Crippen molar-refractivity contribution >= 4 is 5.97 Å². The second-order valence-electron chi connectivity index (χ2n) is 3.42. The highest BCUT2D eigenvalue weighted by Gasteiger charge is 2.20. The number of nitrogens with zero attached hydrogens (tertiary/aromatic N) is 3. The van der Waals surface area contributed by atoms with Gasteiger partial charge in [0.25, 0.3) is 0 Å². The average molecular weight is 213 g/mol. The molecule has 0 fully saturated rings. The van der Waals surface area contributed by atoms with Crippen molar-refractivity contribution < 1.29 is 15.0 Å². The molecule has 2 N–H and O–H groups in total. The molecular formula is C9H15N3O3. The highest BCUT2D eigenvalue weighted by molar-refractivity contribution is 5.86. The third-order valence-corrected chi connectivity index (χ3v) is 2.16. The molecule has 0 aliphatic rings. The minimum Gasteiger partial charge on any atom is -0.476 e. The van der Waals surface area contributed by atoms with Crippen LogP contribution < -0.4 is 0 Å². The Balaban J connectivity index is 3.11. The molecule has 0 aliphatic carbocycles. The van der Waals surface area contributed by atoms with Gasteiger partial charge in [-0.2, -0.15) is 0 Å². The number of aliphatic hydroxyl groups excluding tert-OH is 1. The van der Waals surface area contributed by atoms with E-state index in [1.807, 2.05) is 6.92 Å². The molecule has 0 bridgehead atoms. The van der Waals surface area contributed by atoms with Crippen LogP contribution in [0.3, 0.4) is 0 Å². The van der Waals surface area contributed by atoms with E-state index in [9.17, 15) is 4.79 Å². The van der Waals surface area contributed by atoms with Gasteiger partial charge < -0.3 is 10.2 Å². The van der Waals surface area contributed by atoms with Gasteiger partial charge in [0.05, 0.1) is 18.3 Å². The van der Waals surface area contributed by atoms with E-state index in [1.54, 1.807) is 6.92 Å². The SMILES string of the molecule is CCCc1c(C(=O)O)nnn1C(C)CO. The van der Waals surface area contributed by atoms with Gasteiger partial charge in [0, 0.05) is 0 Å². The Morgan fingerprint density at radius 3 is 2.73 bits per heavy atom. The fraction of sp³-hybridized carbons (Fsp3) is 0.667. The highest BCUT2D eigenvalue weighted by Crippen LogP contribution is 2.13. The fourth-order valence-electron chi connectivity index (χ4n) is 1.38. The van der Waals surface area contributed by atoms with Crippen LogP contribution in [0.15, 0.2) is 0 Å². The van der Waals surface area contributed by atoms with Gasteiger partial charge in [-0.1, -0.05) is 18.6 Å². The number of carbonyl (C=O) groups is 1. The van der Waals surface area contributed by atoms with Crippen LogP contribution >= 0.6 is 0 Å². The standard InChI is InChI=1S/C9H15N3O3/c1-3-4-7-8(9(14)15)10-11-12(7)6(2)5-13/h6,13H,3-5H2,1-2H3,(H,14,15). The number of carboxylic acid groups (broad SMARTS) is 1. The van der Waals surface area contributed by atoms with Crippen LogP contribution in [0.4, 0.5) is 0 Å². The summed E-state index contributed by atoms with van der Waals surface area (Å²) in [6.45, 7) is 3.63. The number of hydrogen-bond donors (Lipinski definition) is 2. The van der Waals surface area contributed by atoms with Crippen LogP contribution in [-0.4, -0.2) is 37.8 Å². The molecule has 84 valence electrons. The molecule has 1 aromatic rings. The van der Waals surface area contributed by atoms with Crippen molar-refractivity contribution in [2.24, 2.45) is 0 Å². The third kappa shape index (κ3) is 2.33. The minimum atomic E-state index is -1.07. The second-order valence-corrected chi connectivity index (χ2v) is 3.42. The number of hydrogen-bond acceptors (Lipinski definition) is 4. The molecule has 1 unspecified atom stereocenters. The van der Waals surface area contributed by atoms with Crippen molar-refractivity contribution in [3.05, 3.63) is 11.4 Å². The topological polar surface area (TPSA) is 88.2 Å². The largest absolute Gasteiger partial charge is 0.476 e. The van der Waals surface area contributed by atoms with E-state index in [2.05, 4.69) is 10.3 Å². The van der Waals surface area contributed by atoms with E-state index in [1.165, 1.54) is 4.68 Å². The lowest BCUT2D eigenvalue weighted by Gasteiger charge is -2.11. The quantitative estimate of drug-likeness (QED) is 0.742. The first-order valence-corrected chi connectivity index (χ1v) is 4.90. The lowest BCUT2D eigenvalue weighted by Crippen LogP contribution is -2.15. The predicted molar refractivity (Wildman–Crippen MR) is 52.8 cm³/mol. The van der Waals surface area contributed by atoms with Gasteiger partial charge in [0.2, 0.25) is 0 Å². The van der Waals surface area contributed by atoms with Crippen molar-refractivity contribution in [2.45, 2.75) is 32.7 Å². The van der Waals surface area contributed by atoms with Gasteiger partial charge in [0.15, 0.2) is 5.69 Å². The van der Waals surface area contributed by atoms with Crippen LogP contribution in [0.25, 0.3) is 0 Å². The smallest absolute Gasteiger partial charge is 0.358 e. The molecule has 0 aliphatic heterocycles. The third-order valence-electron chi connectivity index (χ3n) is 2.16. The van der Waals surface area contributed by atoms with Crippen molar-refractivity contribution in [2.75, 3.05) is 6.61 Å². The number of aromatic carboxylic acids is 1. The van der Waals surface area contributed by atoms with Crippen LogP contribution in [0, 0.1) is 0 Å². The first-order chi connectivity index (χ1) is 7.11. The Morgan fingerprint density at radius 1 is 1.60 bits per heavy atom. The molecule has 0 saturated heterocycles. The van der Waals surface area contributed by atoms with Crippen molar-refractivity contribution in [3.63, 3.8) is 0 Å². The minimum absolute atomic E-state index is 0.0165. The summed E-state index contributed by atoms with van der Waals surface area (Å²) < 4.78 is 1.48. The Bertz CT molecular complexity index is 348. The van der Waals surface area contributed by atoms with Crippen molar-refractivity contribution in [3.8, 4) is 0 Å². The number of aromatic nitrogens is 3. The molecule has 0 aromatic carbocycles. The monoisotopic (exact) mass is 213 g/mol. The second kappa shape index (κ2) is 4.88. The molecule has 6 nitrogen and oxygen atoms in total. The molecule has 1 aromatic heterocycles. The molecule has 0 radical (unpaired) electrons. The molecule has 15 heavy (non-hydrogen) atoms. The first kappa shape index (κ1) is 11.6. The number of aliphatic hydroxyl groups is 1. The molecule has 0 saturated carbocycles. The zero-order chi connectivity index (χ0) is 11.4. The zero-order valence-corrected chi connectivity index (χ0v) is 8.84. The van der Waals surface area contributed by atoms with Gasteiger partial charge in [-0.3, -0.25) is 0 Å². The average Bonchev–Trinajstić information content (AvgIpc) is 2.61. The van der Waals surface area contributed by atoms with Gasteiger partial charge in [0.1, 0.15) is 0 Å². The summed E-state index contributed by atoms with van der Waals surface area (Å²) in [7, 11) is 0. The molecule has 0 amide bonds. The zero-order valence-electron chi connectivity index (χ0n) is 8.84. The molecule has 1 rings (SSSR count). The van der Waals surface area contributed by atoms with Gasteiger partial charge in [-0.25, -0.2) is 9.48 Å². The summed E-state index contributed by atoms with van der Waals surface area (Å²) >= 11 is 0. The molecular weight excluding hydrogens is 198 g/mol. The Labute approximate surface area is 87.5 Å². The number of carboxylic acids is 1. The molecule has 1 atom stereocenters. The van der Waals surface area contributed by atoms with E-state index in [4.69, 9.17) is 10.2 Å². The van der Waals surface area contributed by atoms with E-state index >= 15 is 0 Å². The van der Waals surface area contributed by atoms with E-state index in [0.29, 0.717) is 12.1 Å². The molecule has 6 heteroatoms. The summed E-state index contributed by atoms with van der Waals surface area (Å²) in [4.78, 5) is 10.8. The van der Waals surface area contributed by atoms with Gasteiger partial charge in [-0.15, -0.1) is 5.10 Å². The number of rotatable bonds is 5. The van der Waals surface area contributed by atoms with E-state index in [-0.39, 0.29) is 18.3 Å². The van der Waals surface area contributed by atoms with E-state index in [0.717, 1.165) is 6.42 Å². The van der Waals surface area contributed by atoms with Crippen molar-refractivity contribution in [1.82, 2.24) is 15.0 Å². The fourth-order valence-corrected chi connectivity index (χ4v) is 1.38. The first-order valence-electron chi connectivity index (χ1n) is 4.90. The maximum Gasteiger partial charge on any atom is 0.358 e. The van der Waals surface area contributed by atoms with Crippen molar-refractivity contribution in [1.29, 1.82) is 0 Å². The van der Waals surface area contributed by atoms with Gasteiger partial charge >= 0.3 is 5.97 Å². The summed E-state index contributed by atoms with van der Waals surface area (Å²) in [5, 5.41) is 25.2. The lowest BCUT2D eigenvalue weighted by atomic mass is 10.2. The Morgan fingerprint density at radius 2 is 2.27 bits per heavy atom. The highest BCUT2D eigenvalue weighted by atomic mass is 16.4. The predicted octanol–water partition coefficient (Wildman–Crippen LogP) is 0.482. The summed E-state index contributed by atoms with van der Waals surface area (Å²) in [6.07, 6.45) is 1.41. The van der Waals surface area contributed by atoms with E-state index < -0.39 is 5.97 Å². The van der Waals surface area contributed by atoms with Crippen LogP contribution in [0.2, 0.25) is 0 Å². The molecule has 1 heterocycles. The van der Waals surface area contributed by atoms with Crippen LogP contribution in [0.1, 0.15) is 42.5 Å². The van der Waals surface area contributed by atoms with Crippen LogP contribution in [-0.2, 0) is 6.42 Å². The summed E-state index contributed by atoms with van der Waals surface area (Å²) in [5.41, 5.74) is 0.559. The normalized spacial score (nSPS) is 12.7. The summed E-state index contributed by atoms with van der Waals surface area (Å²) in [6, 6.07) is -0.243. The van der Waals surface area contributed by atoms with Gasteiger partial charge in [-0.05, 0) is 13.3 Å². The molecule has 0 spiro atoms.